The van der Waals surface area contributed by atoms with Gasteiger partial charge in [-0.15, -0.1) is 5.10 Å². The van der Waals surface area contributed by atoms with Crippen LogP contribution in [0, 0.1) is 0 Å². The first-order chi connectivity index (χ1) is 9.96. The van der Waals surface area contributed by atoms with Crippen molar-refractivity contribution in [2.75, 3.05) is 6.54 Å². The number of sulfonamides is 1. The number of nitrogens with one attached hydrogen (secondary N) is 1. The Bertz CT molecular complexity index is 713. The van der Waals surface area contributed by atoms with Crippen molar-refractivity contribution in [1.82, 2.24) is 19.7 Å². The van der Waals surface area contributed by atoms with E-state index in [-0.39, 0.29) is 17.9 Å². The normalized spacial score (nSPS) is 11.4. The van der Waals surface area contributed by atoms with Gasteiger partial charge in [0.05, 0.1) is 24.1 Å². The van der Waals surface area contributed by atoms with Crippen LogP contribution in [0.25, 0.3) is 0 Å². The van der Waals surface area contributed by atoms with Gasteiger partial charge < -0.3 is 5.11 Å². The molecule has 0 fully saturated rings. The number of aromatic carboxylic acids is 1. The average molecular weight is 310 g/mol. The number of carboxylic acid groups (broad SMARTS) is 1. The summed E-state index contributed by atoms with van der Waals surface area (Å²) in [5.41, 5.74) is 0.480. The third-order valence-corrected chi connectivity index (χ3v) is 4.02. The molecule has 9 heteroatoms. The first-order valence-corrected chi connectivity index (χ1v) is 7.75. The second-order valence-electron chi connectivity index (χ2n) is 4.33. The van der Waals surface area contributed by atoms with Crippen molar-refractivity contribution in [3.8, 4) is 0 Å². The fourth-order valence-corrected chi connectivity index (χ4v) is 2.86. The lowest BCUT2D eigenvalue weighted by Gasteiger charge is -2.07. The molecule has 1 aromatic carbocycles. The predicted octanol–water partition coefficient (Wildman–Crippen LogP) is 0.0959. The topological polar surface area (TPSA) is 114 Å². The Labute approximate surface area is 121 Å². The van der Waals surface area contributed by atoms with Crippen LogP contribution in [0.5, 0.6) is 0 Å². The Hall–Kier alpha value is -2.26. The minimum atomic E-state index is -3.53. The van der Waals surface area contributed by atoms with Crippen LogP contribution in [0.1, 0.15) is 15.9 Å². The molecule has 112 valence electrons. The second kappa shape index (κ2) is 6.46. The maximum Gasteiger partial charge on any atom is 0.335 e. The molecule has 0 bridgehead atoms. The molecule has 0 spiro atoms. The number of aromatic nitrogens is 3. The van der Waals surface area contributed by atoms with E-state index in [0.717, 1.165) is 0 Å². The molecule has 0 atom stereocenters. The summed E-state index contributed by atoms with van der Waals surface area (Å²) in [7, 11) is -3.53. The molecule has 1 heterocycles. The monoisotopic (exact) mass is 310 g/mol. The Morgan fingerprint density at radius 2 is 2.19 bits per heavy atom. The summed E-state index contributed by atoms with van der Waals surface area (Å²) in [6, 6.07) is 5.85. The number of hydrogen-bond acceptors (Lipinski definition) is 5. The van der Waals surface area contributed by atoms with Crippen molar-refractivity contribution in [2.45, 2.75) is 12.3 Å². The SMILES string of the molecule is O=C(O)c1cccc(CS(=O)(=O)NCCn2ccnn2)c1. The van der Waals surface area contributed by atoms with Gasteiger partial charge in [-0.05, 0) is 17.7 Å². The molecule has 8 nitrogen and oxygen atoms in total. The molecular formula is C12H14N4O4S. The molecule has 0 amide bonds. The van der Waals surface area contributed by atoms with E-state index in [1.54, 1.807) is 12.3 Å². The van der Waals surface area contributed by atoms with E-state index in [0.29, 0.717) is 12.1 Å². The summed E-state index contributed by atoms with van der Waals surface area (Å²) >= 11 is 0. The van der Waals surface area contributed by atoms with Gasteiger partial charge >= 0.3 is 5.97 Å². The molecule has 2 rings (SSSR count). The maximum absolute atomic E-state index is 11.9. The molecule has 2 aromatic rings. The first-order valence-electron chi connectivity index (χ1n) is 6.10. The number of rotatable bonds is 7. The Balaban J connectivity index is 1.94. The second-order valence-corrected chi connectivity index (χ2v) is 6.13. The maximum atomic E-state index is 11.9. The Kier molecular flexibility index (Phi) is 4.66. The van der Waals surface area contributed by atoms with Crippen LogP contribution in [0.15, 0.2) is 36.7 Å². The quantitative estimate of drug-likeness (QED) is 0.749. The van der Waals surface area contributed by atoms with Gasteiger partial charge in [0.15, 0.2) is 0 Å². The largest absolute Gasteiger partial charge is 0.478 e. The van der Waals surface area contributed by atoms with Gasteiger partial charge in [0.2, 0.25) is 10.0 Å². The third kappa shape index (κ3) is 4.65. The Morgan fingerprint density at radius 3 is 2.86 bits per heavy atom. The molecule has 2 N–H and O–H groups in total. The van der Waals surface area contributed by atoms with Crippen molar-refractivity contribution in [3.05, 3.63) is 47.8 Å². The van der Waals surface area contributed by atoms with Crippen molar-refractivity contribution >= 4 is 16.0 Å². The molecule has 0 unspecified atom stereocenters. The van der Waals surface area contributed by atoms with Crippen molar-refractivity contribution < 1.29 is 18.3 Å². The van der Waals surface area contributed by atoms with Crippen molar-refractivity contribution in [2.24, 2.45) is 0 Å². The van der Waals surface area contributed by atoms with Gasteiger partial charge in [-0.3, -0.25) is 4.68 Å². The van der Waals surface area contributed by atoms with Gasteiger partial charge in [0, 0.05) is 12.7 Å². The lowest BCUT2D eigenvalue weighted by Crippen LogP contribution is -2.28. The molecule has 0 aliphatic rings. The third-order valence-electron chi connectivity index (χ3n) is 2.67. The molecule has 0 aliphatic heterocycles. The summed E-state index contributed by atoms with van der Waals surface area (Å²) in [4.78, 5) is 10.8. The van der Waals surface area contributed by atoms with E-state index in [1.807, 2.05) is 0 Å². The molecule has 1 aromatic heterocycles. The summed E-state index contributed by atoms with van der Waals surface area (Å²) in [6.45, 7) is 0.554. The molecule has 0 saturated carbocycles. The lowest BCUT2D eigenvalue weighted by molar-refractivity contribution is 0.0696. The van der Waals surface area contributed by atoms with E-state index in [2.05, 4.69) is 15.0 Å². The highest BCUT2D eigenvalue weighted by Gasteiger charge is 2.12. The van der Waals surface area contributed by atoms with Crippen LogP contribution in [-0.2, 0) is 22.3 Å². The summed E-state index contributed by atoms with van der Waals surface area (Å²) in [6.07, 6.45) is 3.14. The fourth-order valence-electron chi connectivity index (χ4n) is 1.73. The van der Waals surface area contributed by atoms with Crippen molar-refractivity contribution in [1.29, 1.82) is 0 Å². The molecule has 0 saturated heterocycles. The molecule has 0 aliphatic carbocycles. The predicted molar refractivity (Wildman–Crippen MR) is 74.0 cm³/mol. The molecule has 21 heavy (non-hydrogen) atoms. The number of benzene rings is 1. The highest BCUT2D eigenvalue weighted by Crippen LogP contribution is 2.08. The Morgan fingerprint density at radius 1 is 1.38 bits per heavy atom. The standard InChI is InChI=1S/C12H14N4O4S/c17-12(18)11-3-1-2-10(8-11)9-21(19,20)14-5-7-16-6-4-13-15-16/h1-4,6,8,14H,5,7,9H2,(H,17,18). The number of nitrogens with zero attached hydrogens (tertiary/aromatic N) is 3. The minimum Gasteiger partial charge on any atom is -0.478 e. The molecular weight excluding hydrogens is 296 g/mol. The smallest absolute Gasteiger partial charge is 0.335 e. The summed E-state index contributed by atoms with van der Waals surface area (Å²) in [5.74, 6) is -1.36. The van der Waals surface area contributed by atoms with Crippen molar-refractivity contribution in [3.63, 3.8) is 0 Å². The van der Waals surface area contributed by atoms with Gasteiger partial charge in [-0.2, -0.15) is 0 Å². The van der Waals surface area contributed by atoms with E-state index in [9.17, 15) is 13.2 Å². The highest BCUT2D eigenvalue weighted by atomic mass is 32.2. The highest BCUT2D eigenvalue weighted by molar-refractivity contribution is 7.88. The van der Waals surface area contributed by atoms with Gasteiger partial charge in [0.25, 0.3) is 0 Å². The van der Waals surface area contributed by atoms with Gasteiger partial charge in [-0.1, -0.05) is 17.3 Å². The summed E-state index contributed by atoms with van der Waals surface area (Å²) < 4.78 is 27.7. The van der Waals surface area contributed by atoms with Crippen LogP contribution in [0.3, 0.4) is 0 Å². The van der Waals surface area contributed by atoms with E-state index < -0.39 is 16.0 Å². The molecule has 0 radical (unpaired) electrons. The number of hydrogen-bond donors (Lipinski definition) is 2. The summed E-state index contributed by atoms with van der Waals surface area (Å²) in [5, 5.41) is 16.2. The van der Waals surface area contributed by atoms with E-state index in [4.69, 9.17) is 5.11 Å². The lowest BCUT2D eigenvalue weighted by atomic mass is 10.1. The van der Waals surface area contributed by atoms with E-state index >= 15 is 0 Å². The van der Waals surface area contributed by atoms with Crippen LogP contribution < -0.4 is 4.72 Å². The average Bonchev–Trinajstić information content (AvgIpc) is 2.91. The van der Waals surface area contributed by atoms with E-state index in [1.165, 1.54) is 29.1 Å². The number of carbonyl (C=O) groups is 1. The van der Waals surface area contributed by atoms with Gasteiger partial charge in [0.1, 0.15) is 0 Å². The van der Waals surface area contributed by atoms with Crippen LogP contribution >= 0.6 is 0 Å². The minimum absolute atomic E-state index is 0.0605. The van der Waals surface area contributed by atoms with Crippen LogP contribution in [-0.4, -0.2) is 41.0 Å². The zero-order chi connectivity index (χ0) is 15.3. The fraction of sp³-hybridized carbons (Fsp3) is 0.250. The van der Waals surface area contributed by atoms with Gasteiger partial charge in [-0.25, -0.2) is 17.9 Å². The van der Waals surface area contributed by atoms with Crippen LogP contribution in [0.2, 0.25) is 0 Å². The number of carboxylic acids is 1. The first kappa shape index (κ1) is 15.1. The zero-order valence-electron chi connectivity index (χ0n) is 11.0. The zero-order valence-corrected chi connectivity index (χ0v) is 11.8. The van der Waals surface area contributed by atoms with Crippen LogP contribution in [0.4, 0.5) is 0 Å².